The number of nitro benzene ring substituents is 1. The molecule has 0 atom stereocenters. The zero-order valence-corrected chi connectivity index (χ0v) is 15.0. The molecule has 29 heavy (non-hydrogen) atoms. The highest BCUT2D eigenvalue weighted by Crippen LogP contribution is 2.25. The number of hydrogen-bond acceptors (Lipinski definition) is 8. The SMILES string of the molecule is Cc1nc(-c2ccccc2NC(=O)Cn2c(=O)oc3cc([N+](=O)[O-])ccc32)no1. The van der Waals surface area contributed by atoms with Crippen LogP contribution in [0.2, 0.25) is 0 Å². The molecule has 0 radical (unpaired) electrons. The standard InChI is InChI=1S/C18H13N5O6/c1-10-19-17(21-29-10)12-4-2-3-5-13(12)20-16(24)9-22-14-7-6-11(23(26)27)8-15(14)28-18(22)25/h2-8H,9H2,1H3,(H,20,24). The van der Waals surface area contributed by atoms with E-state index >= 15 is 0 Å². The van der Waals surface area contributed by atoms with Gasteiger partial charge in [-0.15, -0.1) is 0 Å². The van der Waals surface area contributed by atoms with Crippen LogP contribution in [0, 0.1) is 17.0 Å². The highest BCUT2D eigenvalue weighted by Gasteiger charge is 2.18. The molecule has 2 aromatic heterocycles. The predicted molar refractivity (Wildman–Crippen MR) is 100 cm³/mol. The number of non-ortho nitro benzene ring substituents is 1. The Bertz CT molecular complexity index is 1300. The number of amides is 1. The number of benzene rings is 2. The second-order valence-electron chi connectivity index (χ2n) is 6.09. The summed E-state index contributed by atoms with van der Waals surface area (Å²) in [5.74, 6) is -0.596. The van der Waals surface area contributed by atoms with Gasteiger partial charge in [0.05, 0.1) is 22.2 Å². The summed E-state index contributed by atoms with van der Waals surface area (Å²) in [5.41, 5.74) is 1.08. The molecule has 11 nitrogen and oxygen atoms in total. The Morgan fingerprint density at radius 1 is 1.28 bits per heavy atom. The number of anilines is 1. The minimum atomic E-state index is -0.794. The third-order valence-electron chi connectivity index (χ3n) is 4.13. The van der Waals surface area contributed by atoms with Crippen LogP contribution in [0.1, 0.15) is 5.89 Å². The summed E-state index contributed by atoms with van der Waals surface area (Å²) in [4.78, 5) is 39.1. The lowest BCUT2D eigenvalue weighted by atomic mass is 10.1. The van der Waals surface area contributed by atoms with Crippen LogP contribution in [0.5, 0.6) is 0 Å². The van der Waals surface area contributed by atoms with E-state index in [0.29, 0.717) is 23.0 Å². The number of hydrogen-bond donors (Lipinski definition) is 1. The molecule has 0 fully saturated rings. The van der Waals surface area contributed by atoms with E-state index in [1.807, 2.05) is 0 Å². The van der Waals surface area contributed by atoms with Gasteiger partial charge in [-0.1, -0.05) is 17.3 Å². The largest absolute Gasteiger partial charge is 0.420 e. The van der Waals surface area contributed by atoms with Crippen molar-refractivity contribution in [1.29, 1.82) is 0 Å². The van der Waals surface area contributed by atoms with Crippen molar-refractivity contribution in [2.75, 3.05) is 5.32 Å². The molecule has 146 valence electrons. The van der Waals surface area contributed by atoms with Crippen LogP contribution >= 0.6 is 0 Å². The van der Waals surface area contributed by atoms with Gasteiger partial charge in [0.2, 0.25) is 17.6 Å². The molecule has 0 bridgehead atoms. The number of carbonyl (C=O) groups excluding carboxylic acids is 1. The third-order valence-corrected chi connectivity index (χ3v) is 4.13. The zero-order chi connectivity index (χ0) is 20.5. The van der Waals surface area contributed by atoms with Gasteiger partial charge in [-0.25, -0.2) is 4.79 Å². The normalized spacial score (nSPS) is 10.9. The van der Waals surface area contributed by atoms with Crippen molar-refractivity contribution in [3.05, 3.63) is 69.0 Å². The molecule has 2 aromatic carbocycles. The van der Waals surface area contributed by atoms with Crippen LogP contribution in [0.25, 0.3) is 22.5 Å². The fourth-order valence-corrected chi connectivity index (χ4v) is 2.85. The maximum Gasteiger partial charge on any atom is 0.420 e. The van der Waals surface area contributed by atoms with Crippen LogP contribution in [0.3, 0.4) is 0 Å². The molecule has 0 aliphatic rings. The van der Waals surface area contributed by atoms with Crippen molar-refractivity contribution in [3.8, 4) is 11.4 Å². The molecule has 2 heterocycles. The quantitative estimate of drug-likeness (QED) is 0.400. The fraction of sp³-hybridized carbons (Fsp3) is 0.111. The molecule has 0 unspecified atom stereocenters. The summed E-state index contributed by atoms with van der Waals surface area (Å²) in [6, 6.07) is 10.6. The topological polar surface area (TPSA) is 146 Å². The number of nitrogens with one attached hydrogen (secondary N) is 1. The summed E-state index contributed by atoms with van der Waals surface area (Å²) in [6.07, 6.45) is 0. The van der Waals surface area contributed by atoms with Gasteiger partial charge in [0.25, 0.3) is 5.69 Å². The number of carbonyl (C=O) groups is 1. The molecule has 0 aliphatic carbocycles. The average Bonchev–Trinajstić information content (AvgIpc) is 3.25. The summed E-state index contributed by atoms with van der Waals surface area (Å²) < 4.78 is 11.1. The van der Waals surface area contributed by atoms with Crippen molar-refractivity contribution in [3.63, 3.8) is 0 Å². The summed E-state index contributed by atoms with van der Waals surface area (Å²) in [6.45, 7) is 1.31. The highest BCUT2D eigenvalue weighted by atomic mass is 16.6. The Kier molecular flexibility index (Phi) is 4.39. The van der Waals surface area contributed by atoms with Crippen LogP contribution in [-0.4, -0.2) is 25.5 Å². The fourth-order valence-electron chi connectivity index (χ4n) is 2.85. The Morgan fingerprint density at radius 3 is 2.79 bits per heavy atom. The van der Waals surface area contributed by atoms with Gasteiger partial charge in [-0.2, -0.15) is 4.98 Å². The van der Waals surface area contributed by atoms with E-state index in [1.54, 1.807) is 31.2 Å². The molecule has 1 amide bonds. The molecular formula is C18H13N5O6. The van der Waals surface area contributed by atoms with Gasteiger partial charge in [-0.3, -0.25) is 19.5 Å². The molecule has 0 saturated carbocycles. The molecule has 11 heteroatoms. The van der Waals surface area contributed by atoms with Crippen LogP contribution in [0.15, 0.2) is 56.2 Å². The Balaban J connectivity index is 1.61. The van der Waals surface area contributed by atoms with E-state index in [1.165, 1.54) is 12.1 Å². The number of nitro groups is 1. The second kappa shape index (κ2) is 7.03. The lowest BCUT2D eigenvalue weighted by Crippen LogP contribution is -2.25. The van der Waals surface area contributed by atoms with Gasteiger partial charge in [0, 0.05) is 18.6 Å². The van der Waals surface area contributed by atoms with Crippen LogP contribution < -0.4 is 11.1 Å². The smallest absolute Gasteiger partial charge is 0.407 e. The maximum absolute atomic E-state index is 12.6. The number of rotatable bonds is 5. The first-order valence-corrected chi connectivity index (χ1v) is 8.40. The first-order valence-electron chi connectivity index (χ1n) is 8.40. The van der Waals surface area contributed by atoms with Crippen molar-refractivity contribution in [2.24, 2.45) is 0 Å². The van der Waals surface area contributed by atoms with Crippen molar-refractivity contribution >= 4 is 28.4 Å². The maximum atomic E-state index is 12.6. The van der Waals surface area contributed by atoms with Crippen molar-refractivity contribution < 1.29 is 18.7 Å². The molecule has 4 aromatic rings. The molecule has 1 N–H and O–H groups in total. The molecule has 4 rings (SSSR count). The second-order valence-corrected chi connectivity index (χ2v) is 6.09. The van der Waals surface area contributed by atoms with E-state index in [4.69, 9.17) is 8.94 Å². The van der Waals surface area contributed by atoms with E-state index < -0.39 is 16.6 Å². The molecule has 0 saturated heterocycles. The number of oxazole rings is 1. The monoisotopic (exact) mass is 395 g/mol. The number of para-hydroxylation sites is 1. The van der Waals surface area contributed by atoms with E-state index in [2.05, 4.69) is 15.5 Å². The highest BCUT2D eigenvalue weighted by molar-refractivity contribution is 5.95. The Morgan fingerprint density at radius 2 is 2.07 bits per heavy atom. The number of aromatic nitrogens is 3. The summed E-state index contributed by atoms with van der Waals surface area (Å²) in [5, 5.41) is 17.4. The van der Waals surface area contributed by atoms with E-state index in [-0.39, 0.29) is 23.3 Å². The third kappa shape index (κ3) is 3.48. The minimum Gasteiger partial charge on any atom is -0.407 e. The van der Waals surface area contributed by atoms with Gasteiger partial charge in [0.15, 0.2) is 5.58 Å². The predicted octanol–water partition coefficient (Wildman–Crippen LogP) is 2.50. The molecule has 0 aliphatic heterocycles. The minimum absolute atomic E-state index is 0.0275. The van der Waals surface area contributed by atoms with E-state index in [0.717, 1.165) is 10.6 Å². The first kappa shape index (κ1) is 18.1. The van der Waals surface area contributed by atoms with Gasteiger partial charge >= 0.3 is 5.76 Å². The summed E-state index contributed by atoms with van der Waals surface area (Å²) in [7, 11) is 0. The van der Waals surface area contributed by atoms with Gasteiger partial charge in [-0.05, 0) is 18.2 Å². The van der Waals surface area contributed by atoms with Crippen molar-refractivity contribution in [2.45, 2.75) is 13.5 Å². The van der Waals surface area contributed by atoms with E-state index in [9.17, 15) is 19.7 Å². The van der Waals surface area contributed by atoms with Gasteiger partial charge in [0.1, 0.15) is 6.54 Å². The lowest BCUT2D eigenvalue weighted by molar-refractivity contribution is -0.384. The lowest BCUT2D eigenvalue weighted by Gasteiger charge is -2.09. The number of aryl methyl sites for hydroxylation is 1. The number of fused-ring (bicyclic) bond motifs is 1. The molecular weight excluding hydrogens is 382 g/mol. The van der Waals surface area contributed by atoms with Crippen LogP contribution in [0.4, 0.5) is 11.4 Å². The summed E-state index contributed by atoms with van der Waals surface area (Å²) >= 11 is 0. The zero-order valence-electron chi connectivity index (χ0n) is 15.0. The van der Waals surface area contributed by atoms with Gasteiger partial charge < -0.3 is 14.3 Å². The Hall–Kier alpha value is -4.28. The van der Waals surface area contributed by atoms with Crippen LogP contribution in [-0.2, 0) is 11.3 Å². The number of nitrogens with zero attached hydrogens (tertiary/aromatic N) is 4. The van der Waals surface area contributed by atoms with Crippen molar-refractivity contribution in [1.82, 2.24) is 14.7 Å². The Labute approximate surface area is 161 Å². The first-order chi connectivity index (χ1) is 13.9. The average molecular weight is 395 g/mol. The molecule has 0 spiro atoms.